The maximum absolute atomic E-state index is 11.0. The number of hydrogen-bond acceptors (Lipinski definition) is 1. The number of rotatable bonds is 1. The monoisotopic (exact) mass is 193 g/mol. The van der Waals surface area contributed by atoms with Gasteiger partial charge in [-0.2, -0.15) is 0 Å². The van der Waals surface area contributed by atoms with Crippen LogP contribution in [0.4, 0.5) is 5.69 Å². The molecule has 1 aromatic carbocycles. The molecule has 0 saturated heterocycles. The Balaban J connectivity index is 0.000000617. The van der Waals surface area contributed by atoms with Gasteiger partial charge in [0.25, 0.3) is 0 Å². The predicted octanol–water partition coefficient (Wildman–Crippen LogP) is 3.02. The first-order valence-corrected chi connectivity index (χ1v) is 5.21. The van der Waals surface area contributed by atoms with Gasteiger partial charge in [0.15, 0.2) is 0 Å². The van der Waals surface area contributed by atoms with Crippen LogP contribution in [0.1, 0.15) is 33.3 Å². The lowest BCUT2D eigenvalue weighted by atomic mass is 10.1. The van der Waals surface area contributed by atoms with Crippen LogP contribution in [0.2, 0.25) is 0 Å². The molecule has 2 heteroatoms. The second-order valence-electron chi connectivity index (χ2n) is 3.07. The van der Waals surface area contributed by atoms with Crippen molar-refractivity contribution in [3.8, 4) is 0 Å². The lowest BCUT2D eigenvalue weighted by Crippen LogP contribution is -2.03. The lowest BCUT2D eigenvalue weighted by molar-refractivity contribution is -0.115. The lowest BCUT2D eigenvalue weighted by Gasteiger charge is -2.00. The second-order valence-corrected chi connectivity index (χ2v) is 3.07. The SMILES string of the molecule is CC.CCc1ccc2c(c1)NC(=O)C2.[HH]. The Morgan fingerprint density at radius 1 is 1.43 bits per heavy atom. The highest BCUT2D eigenvalue weighted by atomic mass is 16.1. The van der Waals surface area contributed by atoms with E-state index < -0.39 is 0 Å². The molecule has 1 amide bonds. The van der Waals surface area contributed by atoms with Crippen molar-refractivity contribution in [3.63, 3.8) is 0 Å². The molecule has 0 aromatic heterocycles. The van der Waals surface area contributed by atoms with Crippen LogP contribution < -0.4 is 5.32 Å². The molecule has 1 aromatic rings. The molecule has 14 heavy (non-hydrogen) atoms. The minimum atomic E-state index is 0. The molecule has 0 saturated carbocycles. The van der Waals surface area contributed by atoms with Crippen molar-refractivity contribution in [1.29, 1.82) is 0 Å². The van der Waals surface area contributed by atoms with Gasteiger partial charge in [-0.1, -0.05) is 32.9 Å². The molecule has 1 heterocycles. The number of nitrogens with one attached hydrogen (secondary N) is 1. The quantitative estimate of drug-likeness (QED) is 0.729. The Labute approximate surface area is 86.8 Å². The van der Waals surface area contributed by atoms with Gasteiger partial charge in [-0.15, -0.1) is 0 Å². The van der Waals surface area contributed by atoms with Crippen molar-refractivity contribution < 1.29 is 6.22 Å². The van der Waals surface area contributed by atoms with Gasteiger partial charge in [0.05, 0.1) is 6.42 Å². The van der Waals surface area contributed by atoms with Crippen molar-refractivity contribution in [1.82, 2.24) is 0 Å². The number of benzene rings is 1. The first-order valence-electron chi connectivity index (χ1n) is 5.21. The molecule has 78 valence electrons. The Hall–Kier alpha value is -1.31. The van der Waals surface area contributed by atoms with E-state index in [0.29, 0.717) is 6.42 Å². The summed E-state index contributed by atoms with van der Waals surface area (Å²) in [5.41, 5.74) is 3.40. The van der Waals surface area contributed by atoms with Crippen LogP contribution in [-0.2, 0) is 17.6 Å². The van der Waals surface area contributed by atoms with Gasteiger partial charge in [-0.3, -0.25) is 4.79 Å². The van der Waals surface area contributed by atoms with E-state index in [2.05, 4.69) is 24.4 Å². The minimum absolute atomic E-state index is 0. The van der Waals surface area contributed by atoms with Crippen LogP contribution in [0.15, 0.2) is 18.2 Å². The smallest absolute Gasteiger partial charge is 0.228 e. The molecule has 0 spiro atoms. The Kier molecular flexibility index (Phi) is 3.69. The van der Waals surface area contributed by atoms with Crippen LogP contribution >= 0.6 is 0 Å². The average molecular weight is 193 g/mol. The molecule has 2 nitrogen and oxygen atoms in total. The number of aryl methyl sites for hydroxylation is 1. The zero-order valence-electron chi connectivity index (χ0n) is 9.05. The van der Waals surface area contributed by atoms with Gasteiger partial charge in [0.2, 0.25) is 5.91 Å². The fourth-order valence-electron chi connectivity index (χ4n) is 1.48. The van der Waals surface area contributed by atoms with Crippen molar-refractivity contribution in [2.75, 3.05) is 5.32 Å². The summed E-state index contributed by atoms with van der Waals surface area (Å²) in [6, 6.07) is 6.17. The van der Waals surface area contributed by atoms with E-state index in [1.54, 1.807) is 0 Å². The molecule has 0 radical (unpaired) electrons. The molecular formula is C12H19NO. The van der Waals surface area contributed by atoms with Crippen LogP contribution in [0.25, 0.3) is 0 Å². The molecule has 0 fully saturated rings. The second kappa shape index (κ2) is 4.80. The van der Waals surface area contributed by atoms with Gasteiger partial charge in [0.1, 0.15) is 0 Å². The molecule has 0 bridgehead atoms. The zero-order valence-corrected chi connectivity index (χ0v) is 9.05. The Morgan fingerprint density at radius 3 is 2.79 bits per heavy atom. The first-order chi connectivity index (χ1) is 6.79. The summed E-state index contributed by atoms with van der Waals surface area (Å²) in [6.07, 6.45) is 1.56. The molecule has 0 atom stereocenters. The van der Waals surface area contributed by atoms with E-state index in [1.807, 2.05) is 19.9 Å². The average Bonchev–Trinajstić information content (AvgIpc) is 2.59. The number of amides is 1. The summed E-state index contributed by atoms with van der Waals surface area (Å²) < 4.78 is 0. The summed E-state index contributed by atoms with van der Waals surface area (Å²) in [5, 5.41) is 2.83. The van der Waals surface area contributed by atoms with E-state index in [0.717, 1.165) is 17.7 Å². The maximum atomic E-state index is 11.0. The zero-order chi connectivity index (χ0) is 10.6. The normalized spacial score (nSPS) is 12.6. The Bertz CT molecular complexity index is 336. The highest BCUT2D eigenvalue weighted by Crippen LogP contribution is 2.23. The number of hydrogen-bond donors (Lipinski definition) is 1. The molecule has 1 aliphatic heterocycles. The number of fused-ring (bicyclic) bond motifs is 1. The summed E-state index contributed by atoms with van der Waals surface area (Å²) in [6.45, 7) is 6.11. The van der Waals surface area contributed by atoms with Gasteiger partial charge in [-0.25, -0.2) is 0 Å². The molecule has 1 N–H and O–H groups in total. The van der Waals surface area contributed by atoms with E-state index in [4.69, 9.17) is 0 Å². The van der Waals surface area contributed by atoms with Crippen molar-refractivity contribution in [3.05, 3.63) is 29.3 Å². The highest BCUT2D eigenvalue weighted by Gasteiger charge is 2.16. The summed E-state index contributed by atoms with van der Waals surface area (Å²) in [7, 11) is 0. The first kappa shape index (κ1) is 10.8. The van der Waals surface area contributed by atoms with Crippen LogP contribution in [-0.4, -0.2) is 5.91 Å². The summed E-state index contributed by atoms with van der Waals surface area (Å²) in [5.74, 6) is 0.109. The van der Waals surface area contributed by atoms with E-state index in [1.165, 1.54) is 5.56 Å². The van der Waals surface area contributed by atoms with Crippen molar-refractivity contribution >= 4 is 11.6 Å². The predicted molar refractivity (Wildman–Crippen MR) is 61.6 cm³/mol. The van der Waals surface area contributed by atoms with Crippen molar-refractivity contribution in [2.45, 2.75) is 33.6 Å². The topological polar surface area (TPSA) is 29.1 Å². The summed E-state index contributed by atoms with van der Waals surface area (Å²) in [4.78, 5) is 11.0. The Morgan fingerprint density at radius 2 is 2.14 bits per heavy atom. The van der Waals surface area contributed by atoms with Gasteiger partial charge < -0.3 is 5.32 Å². The number of carbonyl (C=O) groups excluding carboxylic acids is 1. The molecular weight excluding hydrogens is 174 g/mol. The van der Waals surface area contributed by atoms with E-state index in [-0.39, 0.29) is 7.33 Å². The third-order valence-corrected chi connectivity index (χ3v) is 2.21. The van der Waals surface area contributed by atoms with Gasteiger partial charge in [-0.05, 0) is 23.6 Å². The molecule has 1 aliphatic rings. The number of anilines is 1. The number of carbonyl (C=O) groups is 1. The minimum Gasteiger partial charge on any atom is -0.326 e. The van der Waals surface area contributed by atoms with Crippen LogP contribution in [0.3, 0.4) is 0 Å². The van der Waals surface area contributed by atoms with Gasteiger partial charge in [0, 0.05) is 7.11 Å². The fraction of sp³-hybridized carbons (Fsp3) is 0.417. The highest BCUT2D eigenvalue weighted by molar-refractivity contribution is 5.99. The van der Waals surface area contributed by atoms with Gasteiger partial charge >= 0.3 is 0 Å². The maximum Gasteiger partial charge on any atom is 0.228 e. The van der Waals surface area contributed by atoms with Crippen LogP contribution in [0.5, 0.6) is 0 Å². The molecule has 0 aliphatic carbocycles. The van der Waals surface area contributed by atoms with Crippen molar-refractivity contribution in [2.24, 2.45) is 0 Å². The molecule has 2 rings (SSSR count). The fourth-order valence-corrected chi connectivity index (χ4v) is 1.48. The third kappa shape index (κ3) is 2.13. The van der Waals surface area contributed by atoms with E-state index in [9.17, 15) is 4.79 Å². The largest absolute Gasteiger partial charge is 0.326 e. The molecule has 0 unspecified atom stereocenters. The third-order valence-electron chi connectivity index (χ3n) is 2.21. The summed E-state index contributed by atoms with van der Waals surface area (Å²) >= 11 is 0. The van der Waals surface area contributed by atoms with Crippen LogP contribution in [0, 0.1) is 0 Å². The van der Waals surface area contributed by atoms with E-state index >= 15 is 0 Å². The standard InChI is InChI=1S/C10H11NO.C2H6.H2/c1-2-7-3-4-8-6-10(12)11-9(8)5-7;1-2;/h3-5H,2,6H2,1H3,(H,11,12);1-2H3;1H.